The summed E-state index contributed by atoms with van der Waals surface area (Å²) in [4.78, 5) is 28.9. The van der Waals surface area contributed by atoms with Crippen LogP contribution in [0.4, 0.5) is 0 Å². The van der Waals surface area contributed by atoms with Gasteiger partial charge in [-0.25, -0.2) is 0 Å². The van der Waals surface area contributed by atoms with E-state index < -0.39 is 16.9 Å². The first-order chi connectivity index (χ1) is 12.8. The molecule has 2 aromatic carbocycles. The van der Waals surface area contributed by atoms with Gasteiger partial charge in [-0.3, -0.25) is 9.59 Å². The predicted octanol–water partition coefficient (Wildman–Crippen LogP) is 3.48. The van der Waals surface area contributed by atoms with Crippen molar-refractivity contribution in [2.24, 2.45) is 0 Å². The number of aromatic hydroxyl groups is 1. The van der Waals surface area contributed by atoms with E-state index in [0.717, 1.165) is 15.8 Å². The Morgan fingerprint density at radius 3 is 2.46 bits per heavy atom. The third-order valence-electron chi connectivity index (χ3n) is 4.42. The molecule has 0 aliphatic heterocycles. The third-order valence-corrected chi connectivity index (χ3v) is 4.94. The number of nitrogens with one attached hydrogen (secondary N) is 1. The van der Waals surface area contributed by atoms with E-state index in [4.69, 9.17) is 23.2 Å². The van der Waals surface area contributed by atoms with Gasteiger partial charge in [0.1, 0.15) is 10.9 Å². The molecule has 4 rings (SSSR count). The van der Waals surface area contributed by atoms with Crippen molar-refractivity contribution in [2.75, 3.05) is 0 Å². The fourth-order valence-electron chi connectivity index (χ4n) is 3.21. The molecule has 0 fully saturated rings. The number of nitrogens with zero attached hydrogens (tertiary/aromatic N) is 2. The summed E-state index contributed by atoms with van der Waals surface area (Å²) in [5, 5.41) is 14.7. The molecule has 6 nitrogen and oxygen atoms in total. The van der Waals surface area contributed by atoms with Gasteiger partial charge in [0.05, 0.1) is 21.6 Å². The Morgan fingerprint density at radius 1 is 1.07 bits per heavy atom. The first-order valence-electron chi connectivity index (χ1n) is 8.02. The summed E-state index contributed by atoms with van der Waals surface area (Å²) in [5.41, 5.74) is 1.28. The Labute approximate surface area is 191 Å². The minimum absolute atomic E-state index is 0. The molecule has 0 spiro atoms. The van der Waals surface area contributed by atoms with Crippen LogP contribution in [0.25, 0.3) is 27.5 Å². The summed E-state index contributed by atoms with van der Waals surface area (Å²) >= 11 is 12.2. The van der Waals surface area contributed by atoms with Crippen molar-refractivity contribution >= 4 is 74.6 Å². The first-order valence-corrected chi connectivity index (χ1v) is 8.78. The zero-order chi connectivity index (χ0) is 19.5. The van der Waals surface area contributed by atoms with Crippen LogP contribution in [0, 0.1) is 13.8 Å². The van der Waals surface area contributed by atoms with Crippen LogP contribution in [0.3, 0.4) is 0 Å². The number of H-pyrrole nitrogens is 1. The molecule has 0 saturated carbocycles. The summed E-state index contributed by atoms with van der Waals surface area (Å²) in [7, 11) is 0. The summed E-state index contributed by atoms with van der Waals surface area (Å²) < 4.78 is 1.03. The quantitative estimate of drug-likeness (QED) is 0.361. The average molecular weight is 425 g/mol. The van der Waals surface area contributed by atoms with E-state index in [9.17, 15) is 14.7 Å². The van der Waals surface area contributed by atoms with Gasteiger partial charge >= 0.3 is 0 Å². The van der Waals surface area contributed by atoms with Crippen molar-refractivity contribution in [1.82, 2.24) is 14.8 Å². The molecule has 4 aromatic rings. The van der Waals surface area contributed by atoms with Crippen molar-refractivity contribution in [2.45, 2.75) is 13.8 Å². The number of aromatic amines is 1. The van der Waals surface area contributed by atoms with Crippen LogP contribution in [0.2, 0.25) is 10.0 Å². The van der Waals surface area contributed by atoms with Gasteiger partial charge in [-0.2, -0.15) is 4.68 Å². The standard InChI is InChI=1S/C19H13Cl2N3O3.Na/c1-8-3-4-13(9(2)5-8)24-19(27)15-16(18(26)23-24)22-12-7-10(20)6-11(21)14(12)17(15)25;/h3-7H,1-2H3,(H,22,25)(H,23,26);. The normalized spacial score (nSPS) is 11.0. The molecule has 137 valence electrons. The van der Waals surface area contributed by atoms with E-state index in [2.05, 4.69) is 10.1 Å². The smallest absolute Gasteiger partial charge is 0.285 e. The van der Waals surface area contributed by atoms with E-state index in [0.29, 0.717) is 16.2 Å². The molecule has 0 aliphatic carbocycles. The van der Waals surface area contributed by atoms with Crippen LogP contribution in [-0.2, 0) is 0 Å². The zero-order valence-corrected chi connectivity index (χ0v) is 18.8. The molecular weight excluding hydrogens is 412 g/mol. The van der Waals surface area contributed by atoms with Crippen molar-refractivity contribution in [1.29, 1.82) is 0 Å². The second-order valence-corrected chi connectivity index (χ2v) is 7.19. The summed E-state index contributed by atoms with van der Waals surface area (Å²) in [5.74, 6) is -0.473. The Bertz CT molecular complexity index is 1380. The van der Waals surface area contributed by atoms with Crippen LogP contribution in [0.15, 0.2) is 39.9 Å². The van der Waals surface area contributed by atoms with Crippen molar-refractivity contribution < 1.29 is 5.11 Å². The first kappa shape index (κ1) is 20.9. The minimum atomic E-state index is -0.649. The number of fused-ring (bicyclic) bond motifs is 2. The minimum Gasteiger partial charge on any atom is -0.491 e. The molecule has 28 heavy (non-hydrogen) atoms. The Balaban J connectivity index is 0.00000225. The van der Waals surface area contributed by atoms with Crippen LogP contribution < -0.4 is 11.0 Å². The van der Waals surface area contributed by atoms with Gasteiger partial charge in [-0.1, -0.05) is 40.9 Å². The van der Waals surface area contributed by atoms with E-state index in [1.807, 2.05) is 26.0 Å². The van der Waals surface area contributed by atoms with Gasteiger partial charge in [0.25, 0.3) is 11.4 Å². The van der Waals surface area contributed by atoms with Crippen LogP contribution >= 0.6 is 23.2 Å². The second kappa shape index (κ2) is 7.54. The van der Waals surface area contributed by atoms with E-state index in [1.54, 1.807) is 6.07 Å². The van der Waals surface area contributed by atoms with Crippen LogP contribution in [0.1, 0.15) is 11.1 Å². The van der Waals surface area contributed by atoms with Crippen molar-refractivity contribution in [3.8, 4) is 11.6 Å². The van der Waals surface area contributed by atoms with Crippen molar-refractivity contribution in [3.63, 3.8) is 0 Å². The number of halogens is 2. The van der Waals surface area contributed by atoms with Gasteiger partial charge < -0.3 is 10.1 Å². The molecule has 0 unspecified atom stereocenters. The van der Waals surface area contributed by atoms with Gasteiger partial charge in [0.2, 0.25) is 5.43 Å². The largest absolute Gasteiger partial charge is 0.491 e. The van der Waals surface area contributed by atoms with Crippen LogP contribution in [0.5, 0.6) is 5.88 Å². The number of rotatable bonds is 1. The number of hydrogen-bond donors (Lipinski definition) is 2. The van der Waals surface area contributed by atoms with Gasteiger partial charge in [-0.05, 0) is 37.6 Å². The van der Waals surface area contributed by atoms with Gasteiger partial charge in [-0.15, -0.1) is 5.10 Å². The zero-order valence-electron chi connectivity index (χ0n) is 15.3. The van der Waals surface area contributed by atoms with Crippen molar-refractivity contribution in [3.05, 3.63) is 72.1 Å². The molecule has 9 heteroatoms. The Hall–Kier alpha value is -1.83. The molecule has 0 atom stereocenters. The fraction of sp³-hybridized carbons (Fsp3) is 0.105. The maximum atomic E-state index is 13.1. The molecule has 0 saturated heterocycles. The number of aromatic nitrogens is 3. The monoisotopic (exact) mass is 424 g/mol. The van der Waals surface area contributed by atoms with E-state index >= 15 is 0 Å². The van der Waals surface area contributed by atoms with Gasteiger partial charge in [0, 0.05) is 34.6 Å². The summed E-state index contributed by atoms with van der Waals surface area (Å²) in [6, 6.07) is 8.34. The molecule has 2 aromatic heterocycles. The molecule has 0 amide bonds. The maximum Gasteiger partial charge on any atom is 0.285 e. The number of pyridine rings is 1. The van der Waals surface area contributed by atoms with E-state index in [1.165, 1.54) is 12.1 Å². The molecule has 0 aliphatic rings. The average Bonchev–Trinajstić information content (AvgIpc) is 2.57. The fourth-order valence-corrected chi connectivity index (χ4v) is 3.79. The summed E-state index contributed by atoms with van der Waals surface area (Å²) in [6.45, 7) is 3.75. The topological polar surface area (TPSA) is 88.0 Å². The number of benzene rings is 2. The molecule has 0 bridgehead atoms. The second-order valence-electron chi connectivity index (χ2n) is 6.34. The Morgan fingerprint density at radius 2 is 1.79 bits per heavy atom. The molecule has 1 radical (unpaired) electrons. The third kappa shape index (κ3) is 3.25. The molecule has 2 heterocycles. The van der Waals surface area contributed by atoms with Gasteiger partial charge in [0.15, 0.2) is 0 Å². The number of hydrogen-bond acceptors (Lipinski definition) is 4. The van der Waals surface area contributed by atoms with E-state index in [-0.39, 0.29) is 50.9 Å². The summed E-state index contributed by atoms with van der Waals surface area (Å²) in [6.07, 6.45) is 0. The number of aryl methyl sites for hydroxylation is 2. The Kier molecular flexibility index (Phi) is 5.62. The SMILES string of the molecule is Cc1ccc(-n2nc(O)c3[nH]c4cc(Cl)cc(Cl)c4c(=O)c3c2=O)c(C)c1.[Na]. The molecular formula is C19H13Cl2N3NaO3. The predicted molar refractivity (Wildman–Crippen MR) is 112 cm³/mol. The van der Waals surface area contributed by atoms with Crippen LogP contribution in [-0.4, -0.2) is 49.4 Å². The molecule has 2 N–H and O–H groups in total. The maximum absolute atomic E-state index is 13.1.